The van der Waals surface area contributed by atoms with Gasteiger partial charge < -0.3 is 10.4 Å². The summed E-state index contributed by atoms with van der Waals surface area (Å²) in [6, 6.07) is 8.22. The van der Waals surface area contributed by atoms with E-state index in [1.54, 1.807) is 0 Å². The molecule has 4 rings (SSSR count). The first kappa shape index (κ1) is 23.0. The lowest BCUT2D eigenvalue weighted by atomic mass is 10.0. The molecule has 0 bridgehead atoms. The van der Waals surface area contributed by atoms with Crippen molar-refractivity contribution in [2.45, 2.75) is 12.4 Å². The van der Waals surface area contributed by atoms with Crippen LogP contribution in [0.1, 0.15) is 21.5 Å². The minimum absolute atomic E-state index is 0.0501. The van der Waals surface area contributed by atoms with E-state index < -0.39 is 40.7 Å². The molecule has 3 aromatic heterocycles. The van der Waals surface area contributed by atoms with Gasteiger partial charge in [0.05, 0.1) is 33.6 Å². The van der Waals surface area contributed by atoms with E-state index in [9.17, 15) is 31.1 Å². The van der Waals surface area contributed by atoms with E-state index in [2.05, 4.69) is 20.3 Å². The third kappa shape index (κ3) is 4.60. The number of halogens is 6. The molecule has 0 atom stereocenters. The van der Waals surface area contributed by atoms with E-state index in [1.807, 2.05) is 0 Å². The third-order valence-corrected chi connectivity index (χ3v) is 4.81. The molecule has 0 fully saturated rings. The van der Waals surface area contributed by atoms with E-state index in [1.165, 1.54) is 30.5 Å². The van der Waals surface area contributed by atoms with Crippen LogP contribution in [0.3, 0.4) is 0 Å². The van der Waals surface area contributed by atoms with Gasteiger partial charge in [-0.1, -0.05) is 12.1 Å². The smallest absolute Gasteiger partial charge is 0.418 e. The normalized spacial score (nSPS) is 12.1. The number of carboxylic acid groups (broad SMARTS) is 1. The second kappa shape index (κ2) is 8.28. The lowest BCUT2D eigenvalue weighted by Gasteiger charge is -2.14. The molecule has 12 heteroatoms. The molecule has 0 aliphatic heterocycles. The number of pyridine rings is 3. The summed E-state index contributed by atoms with van der Waals surface area (Å²) in [6.07, 6.45) is -6.51. The van der Waals surface area contributed by atoms with E-state index in [0.29, 0.717) is 23.3 Å². The molecule has 2 N–H and O–H groups in total. The van der Waals surface area contributed by atoms with Crippen LogP contribution < -0.4 is 5.32 Å². The molecule has 174 valence electrons. The summed E-state index contributed by atoms with van der Waals surface area (Å²) in [5.74, 6) is -1.42. The number of hydrogen-bond donors (Lipinski definition) is 2. The van der Waals surface area contributed by atoms with Crippen LogP contribution in [0.4, 0.5) is 37.8 Å². The van der Waals surface area contributed by atoms with Crippen molar-refractivity contribution < 1.29 is 36.2 Å². The molecule has 0 saturated heterocycles. The van der Waals surface area contributed by atoms with Crippen molar-refractivity contribution in [2.75, 3.05) is 5.32 Å². The zero-order chi connectivity index (χ0) is 24.7. The highest BCUT2D eigenvalue weighted by Crippen LogP contribution is 2.38. The number of anilines is 2. The van der Waals surface area contributed by atoms with Crippen molar-refractivity contribution in [1.29, 1.82) is 0 Å². The number of aromatic carboxylic acids is 1. The molecule has 0 amide bonds. The number of aromatic nitrogens is 3. The Morgan fingerprint density at radius 3 is 2.24 bits per heavy atom. The standard InChI is InChI=1S/C22H12F6N4O2/c23-21(24,25)13-2-4-18(30-10-13)32-16-5-6-29-17-8-11(1-3-14(16)17)19-15(22(26,27)28)7-12(9-31-19)20(33)34/h1-10H,(H,33,34)(H,29,30,32). The number of fused-ring (bicyclic) bond motifs is 1. The van der Waals surface area contributed by atoms with Gasteiger partial charge in [0.2, 0.25) is 0 Å². The van der Waals surface area contributed by atoms with Gasteiger partial charge in [-0.05, 0) is 30.3 Å². The van der Waals surface area contributed by atoms with E-state index in [-0.39, 0.29) is 16.9 Å². The minimum Gasteiger partial charge on any atom is -0.478 e. The van der Waals surface area contributed by atoms with Gasteiger partial charge >= 0.3 is 18.3 Å². The summed E-state index contributed by atoms with van der Waals surface area (Å²) < 4.78 is 78.9. The number of carbonyl (C=O) groups is 1. The Bertz CT molecular complexity index is 1390. The maximum Gasteiger partial charge on any atom is 0.418 e. The molecule has 34 heavy (non-hydrogen) atoms. The molecule has 0 aliphatic carbocycles. The molecule has 0 saturated carbocycles. The highest BCUT2D eigenvalue weighted by Gasteiger charge is 2.35. The van der Waals surface area contributed by atoms with Gasteiger partial charge in [-0.25, -0.2) is 9.78 Å². The molecule has 1 aromatic carbocycles. The van der Waals surface area contributed by atoms with Crippen LogP contribution in [0.15, 0.2) is 61.1 Å². The van der Waals surface area contributed by atoms with Crippen LogP contribution in [0.25, 0.3) is 22.2 Å². The van der Waals surface area contributed by atoms with E-state index in [4.69, 9.17) is 5.11 Å². The summed E-state index contributed by atoms with van der Waals surface area (Å²) >= 11 is 0. The quantitative estimate of drug-likeness (QED) is 0.341. The monoisotopic (exact) mass is 478 g/mol. The van der Waals surface area contributed by atoms with Gasteiger partial charge in [0.15, 0.2) is 0 Å². The van der Waals surface area contributed by atoms with E-state index >= 15 is 0 Å². The lowest BCUT2D eigenvalue weighted by molar-refractivity contribution is -0.138. The van der Waals surface area contributed by atoms with Crippen LogP contribution >= 0.6 is 0 Å². The van der Waals surface area contributed by atoms with Crippen LogP contribution in [0, 0.1) is 0 Å². The molecule has 3 heterocycles. The number of hydrogen-bond acceptors (Lipinski definition) is 5. The van der Waals surface area contributed by atoms with Gasteiger partial charge in [0, 0.05) is 29.5 Å². The first-order valence-electron chi connectivity index (χ1n) is 9.43. The molecule has 4 aromatic rings. The maximum atomic E-state index is 13.6. The summed E-state index contributed by atoms with van der Waals surface area (Å²) in [6.45, 7) is 0. The lowest BCUT2D eigenvalue weighted by Crippen LogP contribution is -2.11. The number of benzene rings is 1. The molecule has 0 unspecified atom stereocenters. The number of nitrogens with zero attached hydrogens (tertiary/aromatic N) is 3. The maximum absolute atomic E-state index is 13.6. The van der Waals surface area contributed by atoms with Gasteiger partial charge in [0.1, 0.15) is 5.82 Å². The van der Waals surface area contributed by atoms with Crippen molar-refractivity contribution in [2.24, 2.45) is 0 Å². The first-order chi connectivity index (χ1) is 15.9. The highest BCUT2D eigenvalue weighted by atomic mass is 19.4. The molecular weight excluding hydrogens is 466 g/mol. The molecule has 6 nitrogen and oxygen atoms in total. The largest absolute Gasteiger partial charge is 0.478 e. The Morgan fingerprint density at radius 1 is 0.853 bits per heavy atom. The summed E-state index contributed by atoms with van der Waals surface area (Å²) in [5, 5.41) is 12.3. The Balaban J connectivity index is 1.73. The first-order valence-corrected chi connectivity index (χ1v) is 9.43. The Morgan fingerprint density at radius 2 is 1.62 bits per heavy atom. The Hall–Kier alpha value is -4.22. The van der Waals surface area contributed by atoms with Crippen LogP contribution in [-0.4, -0.2) is 26.0 Å². The molecule has 0 aliphatic rings. The van der Waals surface area contributed by atoms with Crippen molar-refractivity contribution in [3.05, 3.63) is 77.7 Å². The average Bonchev–Trinajstić information content (AvgIpc) is 2.77. The fourth-order valence-corrected chi connectivity index (χ4v) is 3.21. The summed E-state index contributed by atoms with van der Waals surface area (Å²) in [7, 11) is 0. The minimum atomic E-state index is -4.85. The van der Waals surface area contributed by atoms with Crippen LogP contribution in [-0.2, 0) is 12.4 Å². The highest BCUT2D eigenvalue weighted by molar-refractivity contribution is 5.95. The van der Waals surface area contributed by atoms with Crippen molar-refractivity contribution in [3.8, 4) is 11.3 Å². The Labute approximate surface area is 186 Å². The summed E-state index contributed by atoms with van der Waals surface area (Å²) in [5.41, 5.74) is -2.47. The second-order valence-electron chi connectivity index (χ2n) is 7.07. The number of rotatable bonds is 4. The second-order valence-corrected chi connectivity index (χ2v) is 7.07. The molecular formula is C22H12F6N4O2. The number of alkyl halides is 6. The fourth-order valence-electron chi connectivity index (χ4n) is 3.21. The number of carboxylic acids is 1. The average molecular weight is 478 g/mol. The SMILES string of the molecule is O=C(O)c1cnc(-c2ccc3c(Nc4ccc(C(F)(F)F)cn4)ccnc3c2)c(C(F)(F)F)c1. The topological polar surface area (TPSA) is 88.0 Å². The van der Waals surface area contributed by atoms with Gasteiger partial charge in [-0.3, -0.25) is 9.97 Å². The molecule has 0 spiro atoms. The zero-order valence-corrected chi connectivity index (χ0v) is 16.7. The zero-order valence-electron chi connectivity index (χ0n) is 16.7. The van der Waals surface area contributed by atoms with Crippen molar-refractivity contribution in [1.82, 2.24) is 15.0 Å². The number of nitrogens with one attached hydrogen (secondary N) is 1. The third-order valence-electron chi connectivity index (χ3n) is 4.81. The Kier molecular flexibility index (Phi) is 5.59. The van der Waals surface area contributed by atoms with Gasteiger partial charge in [0.25, 0.3) is 0 Å². The fraction of sp³-hybridized carbons (Fsp3) is 0.0909. The summed E-state index contributed by atoms with van der Waals surface area (Å²) in [4.78, 5) is 22.7. The molecule has 0 radical (unpaired) electrons. The van der Waals surface area contributed by atoms with Crippen molar-refractivity contribution >= 4 is 28.4 Å². The van der Waals surface area contributed by atoms with Gasteiger partial charge in [-0.15, -0.1) is 0 Å². The van der Waals surface area contributed by atoms with Crippen molar-refractivity contribution in [3.63, 3.8) is 0 Å². The van der Waals surface area contributed by atoms with Crippen LogP contribution in [0.5, 0.6) is 0 Å². The van der Waals surface area contributed by atoms with E-state index in [0.717, 1.165) is 18.3 Å². The van der Waals surface area contributed by atoms with Crippen LogP contribution in [0.2, 0.25) is 0 Å². The predicted octanol–water partition coefficient (Wildman–Crippen LogP) is 6.17. The predicted molar refractivity (Wildman–Crippen MR) is 109 cm³/mol. The van der Waals surface area contributed by atoms with Gasteiger partial charge in [-0.2, -0.15) is 26.3 Å².